The number of nitriles is 2. The highest BCUT2D eigenvalue weighted by Gasteiger charge is 2.33. The molecule has 0 bridgehead atoms. The first-order valence-corrected chi connectivity index (χ1v) is 9.31. The van der Waals surface area contributed by atoms with Crippen molar-refractivity contribution in [3.8, 4) is 29.3 Å². The Balaban J connectivity index is 1.51. The van der Waals surface area contributed by atoms with Crippen LogP contribution in [-0.4, -0.2) is 47.2 Å². The quantitative estimate of drug-likeness (QED) is 0.747. The topological polar surface area (TPSA) is 115 Å². The molecule has 1 aliphatic heterocycles. The number of oxazole rings is 1. The third kappa shape index (κ3) is 3.99. The van der Waals surface area contributed by atoms with Crippen molar-refractivity contribution in [1.29, 1.82) is 10.5 Å². The molecule has 4 rings (SSSR count). The van der Waals surface area contributed by atoms with Crippen LogP contribution in [0.1, 0.15) is 35.5 Å². The van der Waals surface area contributed by atoms with Crippen molar-refractivity contribution in [1.82, 2.24) is 15.2 Å². The molecule has 29 heavy (non-hydrogen) atoms. The first kappa shape index (κ1) is 18.8. The number of halogens is 1. The number of rotatable bonds is 6. The Labute approximate surface area is 166 Å². The first-order valence-electron chi connectivity index (χ1n) is 9.31. The van der Waals surface area contributed by atoms with Crippen LogP contribution in [0.2, 0.25) is 0 Å². The molecule has 9 heteroatoms. The second-order valence-corrected chi connectivity index (χ2v) is 7.14. The number of hydrogen-bond acceptors (Lipinski definition) is 7. The maximum atomic E-state index is 13.0. The molecule has 1 aromatic heterocycles. The second kappa shape index (κ2) is 7.80. The summed E-state index contributed by atoms with van der Waals surface area (Å²) in [5.74, 6) is 0.196. The molecule has 2 heterocycles. The summed E-state index contributed by atoms with van der Waals surface area (Å²) in [4.78, 5) is 17.8. The molecule has 1 amide bonds. The van der Waals surface area contributed by atoms with E-state index in [9.17, 15) is 14.4 Å². The van der Waals surface area contributed by atoms with Crippen molar-refractivity contribution in [3.05, 3.63) is 35.9 Å². The minimum absolute atomic E-state index is 0.146. The predicted octanol–water partition coefficient (Wildman–Crippen LogP) is 2.38. The van der Waals surface area contributed by atoms with Crippen LogP contribution in [0.25, 0.3) is 11.3 Å². The van der Waals surface area contributed by atoms with Crippen molar-refractivity contribution in [2.45, 2.75) is 37.5 Å². The Hall–Kier alpha value is -3.59. The second-order valence-electron chi connectivity index (χ2n) is 7.14. The number of ether oxygens (including phenoxy) is 1. The number of likely N-dealkylation sites (tertiary alicyclic amines) is 1. The van der Waals surface area contributed by atoms with Gasteiger partial charge in [0.15, 0.2) is 12.0 Å². The SMILES string of the molecule is N#Cc1ccc(OC2CC2)c(-c2cnc(C(=O)N[C@@H]3C[C@@H](CF)N(C#N)C3)o2)c1. The smallest absolute Gasteiger partial charge is 0.307 e. The first-order chi connectivity index (χ1) is 14.1. The van der Waals surface area contributed by atoms with Crippen LogP contribution >= 0.6 is 0 Å². The lowest BCUT2D eigenvalue weighted by molar-refractivity contribution is 0.0904. The molecule has 2 aromatic rings. The fourth-order valence-corrected chi connectivity index (χ4v) is 3.30. The normalized spacial score (nSPS) is 20.7. The molecule has 2 fully saturated rings. The van der Waals surface area contributed by atoms with Crippen LogP contribution in [-0.2, 0) is 0 Å². The summed E-state index contributed by atoms with van der Waals surface area (Å²) in [6.45, 7) is -0.407. The van der Waals surface area contributed by atoms with Crippen LogP contribution in [0.15, 0.2) is 28.8 Å². The van der Waals surface area contributed by atoms with E-state index < -0.39 is 18.6 Å². The molecular weight excluding hydrogens is 377 g/mol. The van der Waals surface area contributed by atoms with Gasteiger partial charge in [0.2, 0.25) is 0 Å². The molecule has 2 aliphatic rings. The van der Waals surface area contributed by atoms with Crippen molar-refractivity contribution < 1.29 is 18.3 Å². The number of nitrogens with zero attached hydrogens (tertiary/aromatic N) is 4. The zero-order valence-corrected chi connectivity index (χ0v) is 15.5. The number of nitrogens with one attached hydrogen (secondary N) is 1. The number of carbonyl (C=O) groups is 1. The number of alkyl halides is 1. The molecule has 1 saturated carbocycles. The van der Waals surface area contributed by atoms with Crippen LogP contribution in [0.5, 0.6) is 5.75 Å². The van der Waals surface area contributed by atoms with Gasteiger partial charge in [-0.25, -0.2) is 9.37 Å². The van der Waals surface area contributed by atoms with Gasteiger partial charge < -0.3 is 19.4 Å². The molecule has 148 valence electrons. The minimum atomic E-state index is -0.651. The van der Waals surface area contributed by atoms with Gasteiger partial charge in [-0.1, -0.05) is 0 Å². The summed E-state index contributed by atoms with van der Waals surface area (Å²) in [6.07, 6.45) is 5.79. The lowest BCUT2D eigenvalue weighted by Crippen LogP contribution is -2.36. The van der Waals surface area contributed by atoms with Crippen molar-refractivity contribution in [3.63, 3.8) is 0 Å². The van der Waals surface area contributed by atoms with Gasteiger partial charge in [0.1, 0.15) is 12.4 Å². The van der Waals surface area contributed by atoms with Crippen LogP contribution in [0.4, 0.5) is 4.39 Å². The van der Waals surface area contributed by atoms with Crippen LogP contribution in [0.3, 0.4) is 0 Å². The lowest BCUT2D eigenvalue weighted by Gasteiger charge is -2.12. The van der Waals surface area contributed by atoms with Gasteiger partial charge in [-0.15, -0.1) is 0 Å². The molecule has 0 unspecified atom stereocenters. The molecule has 1 aromatic carbocycles. The lowest BCUT2D eigenvalue weighted by atomic mass is 10.1. The fourth-order valence-electron chi connectivity index (χ4n) is 3.30. The average molecular weight is 395 g/mol. The van der Waals surface area contributed by atoms with Crippen molar-refractivity contribution >= 4 is 5.91 Å². The van der Waals surface area contributed by atoms with Gasteiger partial charge in [0.25, 0.3) is 5.89 Å². The molecule has 1 saturated heterocycles. The van der Waals surface area contributed by atoms with E-state index in [0.29, 0.717) is 29.1 Å². The zero-order valence-electron chi connectivity index (χ0n) is 15.5. The highest BCUT2D eigenvalue weighted by atomic mass is 19.1. The van der Waals surface area contributed by atoms with E-state index in [0.717, 1.165) is 12.8 Å². The summed E-state index contributed by atoms with van der Waals surface area (Å²) in [7, 11) is 0. The Bertz CT molecular complexity index is 1000. The van der Waals surface area contributed by atoms with Gasteiger partial charge in [0, 0.05) is 12.6 Å². The maximum Gasteiger partial charge on any atom is 0.307 e. The number of hydrogen-bond donors (Lipinski definition) is 1. The zero-order chi connectivity index (χ0) is 20.4. The Morgan fingerprint density at radius 1 is 1.41 bits per heavy atom. The van der Waals surface area contributed by atoms with E-state index in [1.807, 2.05) is 6.19 Å². The molecule has 1 N–H and O–H groups in total. The van der Waals surface area contributed by atoms with Gasteiger partial charge >= 0.3 is 5.91 Å². The van der Waals surface area contributed by atoms with Crippen molar-refractivity contribution in [2.75, 3.05) is 13.2 Å². The Morgan fingerprint density at radius 2 is 2.24 bits per heavy atom. The summed E-state index contributed by atoms with van der Waals surface area (Å²) >= 11 is 0. The van der Waals surface area contributed by atoms with Crippen LogP contribution < -0.4 is 10.1 Å². The minimum Gasteiger partial charge on any atom is -0.490 e. The summed E-state index contributed by atoms with van der Waals surface area (Å²) < 4.78 is 24.5. The molecule has 1 aliphatic carbocycles. The molecular formula is C20H18FN5O3. The van der Waals surface area contributed by atoms with E-state index >= 15 is 0 Å². The van der Waals surface area contributed by atoms with Gasteiger partial charge in [-0.2, -0.15) is 10.5 Å². The Morgan fingerprint density at radius 3 is 2.90 bits per heavy atom. The van der Waals surface area contributed by atoms with Gasteiger partial charge in [0.05, 0.1) is 35.5 Å². The fraction of sp³-hybridized carbons (Fsp3) is 0.400. The van der Waals surface area contributed by atoms with Gasteiger partial charge in [-0.3, -0.25) is 4.79 Å². The van der Waals surface area contributed by atoms with E-state index in [2.05, 4.69) is 16.4 Å². The number of amides is 1. The summed E-state index contributed by atoms with van der Waals surface area (Å²) in [5.41, 5.74) is 0.988. The highest BCUT2D eigenvalue weighted by Crippen LogP contribution is 2.36. The summed E-state index contributed by atoms with van der Waals surface area (Å²) in [5, 5.41) is 20.9. The third-order valence-electron chi connectivity index (χ3n) is 4.95. The summed E-state index contributed by atoms with van der Waals surface area (Å²) in [6, 6.07) is 6.18. The molecule has 2 atom stereocenters. The van der Waals surface area contributed by atoms with E-state index in [1.54, 1.807) is 18.2 Å². The molecule has 0 spiro atoms. The largest absolute Gasteiger partial charge is 0.490 e. The van der Waals surface area contributed by atoms with Crippen molar-refractivity contribution in [2.24, 2.45) is 0 Å². The maximum absolute atomic E-state index is 13.0. The Kier molecular flexibility index (Phi) is 5.05. The molecule has 0 radical (unpaired) electrons. The predicted molar refractivity (Wildman–Crippen MR) is 98.3 cm³/mol. The number of carbonyl (C=O) groups excluding carboxylic acids is 1. The average Bonchev–Trinajstić information content (AvgIpc) is 3.26. The highest BCUT2D eigenvalue weighted by molar-refractivity contribution is 5.90. The third-order valence-corrected chi connectivity index (χ3v) is 4.95. The van der Waals surface area contributed by atoms with Gasteiger partial charge in [-0.05, 0) is 37.5 Å². The van der Waals surface area contributed by atoms with E-state index in [-0.39, 0.29) is 24.6 Å². The number of aromatic nitrogens is 1. The molecule has 8 nitrogen and oxygen atoms in total. The number of benzene rings is 1. The van der Waals surface area contributed by atoms with Crippen LogP contribution in [0, 0.1) is 22.8 Å². The van der Waals surface area contributed by atoms with E-state index in [1.165, 1.54) is 11.1 Å². The van der Waals surface area contributed by atoms with E-state index in [4.69, 9.17) is 14.4 Å². The monoisotopic (exact) mass is 395 g/mol. The standard InChI is InChI=1S/C20H18FN5O3/c21-7-14-6-13(10-26(14)11-23)25-19(27)20-24-9-18(29-20)16-5-12(8-22)1-4-17(16)28-15-2-3-15/h1,4-5,9,13-15H,2-3,6-7,10H2,(H,25,27)/t13-,14+/m1/s1.